The fourth-order valence-corrected chi connectivity index (χ4v) is 6.32. The highest BCUT2D eigenvalue weighted by Gasteiger charge is 2.56. The molecule has 2 aromatic heterocycles. The summed E-state index contributed by atoms with van der Waals surface area (Å²) in [7, 11) is 0. The Morgan fingerprint density at radius 2 is 1.80 bits per heavy atom. The smallest absolute Gasteiger partial charge is 0.292 e. The van der Waals surface area contributed by atoms with E-state index in [1.807, 2.05) is 0 Å². The Morgan fingerprint density at radius 3 is 2.57 bits per heavy atom. The van der Waals surface area contributed by atoms with Gasteiger partial charge in [0.25, 0.3) is 17.4 Å². The van der Waals surface area contributed by atoms with Crippen molar-refractivity contribution in [3.8, 4) is 0 Å². The maximum atomic E-state index is 13.9. The standard InChI is InChI=1S/C26H21N5O4/c32-19(14-30-24(34)15-6-1-2-7-16(15)25(30)35)31-12-5-10-26(31)18-9-4-3-8-17(18)20-21(26)29-13-11-27-22(29)23(33)28-20/h1-2,6-9,11,13H,3-5,10,12,14H2,(H,28,33). The van der Waals surface area contributed by atoms with Gasteiger partial charge in [-0.15, -0.1) is 0 Å². The Balaban J connectivity index is 1.35. The zero-order chi connectivity index (χ0) is 23.9. The Bertz CT molecular complexity index is 1570. The van der Waals surface area contributed by atoms with Crippen molar-refractivity contribution in [3.63, 3.8) is 0 Å². The van der Waals surface area contributed by atoms with Crippen LogP contribution in [0.4, 0.5) is 0 Å². The number of carbonyl (C=O) groups is 3. The van der Waals surface area contributed by atoms with E-state index in [-0.39, 0.29) is 23.7 Å². The quantitative estimate of drug-likeness (QED) is 0.582. The maximum absolute atomic E-state index is 13.9. The lowest BCUT2D eigenvalue weighted by molar-refractivity contribution is -0.134. The van der Waals surface area contributed by atoms with Crippen LogP contribution in [0.1, 0.15) is 57.8 Å². The molecule has 7 rings (SSSR count). The van der Waals surface area contributed by atoms with Gasteiger partial charge in [-0.05, 0) is 43.4 Å². The van der Waals surface area contributed by atoms with Crippen molar-refractivity contribution in [3.05, 3.63) is 87.3 Å². The number of nitrogens with one attached hydrogen (secondary N) is 1. The second-order valence-corrected chi connectivity index (χ2v) is 9.36. The lowest BCUT2D eigenvalue weighted by Crippen LogP contribution is -2.50. The van der Waals surface area contributed by atoms with Crippen LogP contribution in [0, 0.1) is 0 Å². The lowest BCUT2D eigenvalue weighted by atomic mass is 9.84. The molecule has 3 aromatic rings. The summed E-state index contributed by atoms with van der Waals surface area (Å²) in [6.07, 6.45) is 10.7. The maximum Gasteiger partial charge on any atom is 0.292 e. The number of amides is 3. The number of hydrogen-bond acceptors (Lipinski definition) is 5. The van der Waals surface area contributed by atoms with Crippen LogP contribution in [0.2, 0.25) is 0 Å². The molecule has 4 aliphatic rings. The second-order valence-electron chi connectivity index (χ2n) is 9.36. The third-order valence-corrected chi connectivity index (χ3v) is 7.67. The molecule has 1 saturated heterocycles. The van der Waals surface area contributed by atoms with Crippen molar-refractivity contribution >= 4 is 28.9 Å². The fraction of sp³-hybridized carbons (Fsp3) is 0.269. The number of benzene rings is 1. The Hall–Kier alpha value is -4.27. The SMILES string of the molecule is O=C1c2ccccc2C(=O)N1CC(=O)N1CCCC12C1=CCCC=C1c1[nH]c(=O)c3nccn3c12. The highest BCUT2D eigenvalue weighted by Crippen LogP contribution is 2.57. The van der Waals surface area contributed by atoms with Gasteiger partial charge in [0.2, 0.25) is 11.6 Å². The van der Waals surface area contributed by atoms with E-state index >= 15 is 0 Å². The van der Waals surface area contributed by atoms with Gasteiger partial charge in [-0.1, -0.05) is 24.3 Å². The van der Waals surface area contributed by atoms with Gasteiger partial charge >= 0.3 is 0 Å². The first kappa shape index (κ1) is 20.1. The predicted molar refractivity (Wildman–Crippen MR) is 126 cm³/mol. The molecule has 4 heterocycles. The van der Waals surface area contributed by atoms with Crippen LogP contribution in [0.3, 0.4) is 0 Å². The van der Waals surface area contributed by atoms with Crippen LogP contribution in [-0.2, 0) is 10.3 Å². The van der Waals surface area contributed by atoms with Gasteiger partial charge in [0, 0.05) is 24.5 Å². The normalized spacial score (nSPS) is 22.5. The number of rotatable bonds is 2. The molecule has 2 aliphatic heterocycles. The fourth-order valence-electron chi connectivity index (χ4n) is 6.32. The molecule has 1 spiro atoms. The van der Waals surface area contributed by atoms with Crippen molar-refractivity contribution in [2.75, 3.05) is 13.1 Å². The van der Waals surface area contributed by atoms with E-state index in [1.54, 1.807) is 46.0 Å². The average molecular weight is 467 g/mol. The molecule has 174 valence electrons. The van der Waals surface area contributed by atoms with Crippen LogP contribution in [0.25, 0.3) is 11.2 Å². The third-order valence-electron chi connectivity index (χ3n) is 7.67. The van der Waals surface area contributed by atoms with Crippen LogP contribution < -0.4 is 5.56 Å². The van der Waals surface area contributed by atoms with Crippen LogP contribution in [0.5, 0.6) is 0 Å². The van der Waals surface area contributed by atoms with Gasteiger partial charge in [0.15, 0.2) is 0 Å². The van der Waals surface area contributed by atoms with Crippen molar-refractivity contribution in [1.82, 2.24) is 24.2 Å². The molecule has 0 bridgehead atoms. The highest BCUT2D eigenvalue weighted by molar-refractivity contribution is 6.22. The Kier molecular flexibility index (Phi) is 3.96. The first-order chi connectivity index (χ1) is 17.0. The second kappa shape index (κ2) is 6.88. The number of fused-ring (bicyclic) bond motifs is 8. The molecule has 0 radical (unpaired) electrons. The first-order valence-electron chi connectivity index (χ1n) is 11.8. The van der Waals surface area contributed by atoms with Crippen molar-refractivity contribution < 1.29 is 14.4 Å². The molecule has 1 N–H and O–H groups in total. The van der Waals surface area contributed by atoms with Gasteiger partial charge in [-0.3, -0.25) is 28.5 Å². The van der Waals surface area contributed by atoms with E-state index < -0.39 is 17.4 Å². The molecule has 3 amide bonds. The van der Waals surface area contributed by atoms with Gasteiger partial charge in [0.1, 0.15) is 12.1 Å². The largest absolute Gasteiger partial charge is 0.326 e. The topological polar surface area (TPSA) is 108 Å². The number of likely N-dealkylation sites (tertiary alicyclic amines) is 1. The predicted octanol–water partition coefficient (Wildman–Crippen LogP) is 2.25. The summed E-state index contributed by atoms with van der Waals surface area (Å²) < 4.78 is 1.79. The molecule has 1 fully saturated rings. The summed E-state index contributed by atoms with van der Waals surface area (Å²) in [5.41, 5.74) is 3.34. The minimum atomic E-state index is -0.791. The number of allylic oxidation sites excluding steroid dienone is 2. The van der Waals surface area contributed by atoms with Crippen LogP contribution in [-0.4, -0.2) is 55.0 Å². The van der Waals surface area contributed by atoms with E-state index in [0.29, 0.717) is 29.8 Å². The number of carbonyl (C=O) groups excluding carboxylic acids is 3. The monoisotopic (exact) mass is 467 g/mol. The van der Waals surface area contributed by atoms with E-state index in [2.05, 4.69) is 22.1 Å². The zero-order valence-corrected chi connectivity index (χ0v) is 18.8. The van der Waals surface area contributed by atoms with Gasteiger partial charge in [0.05, 0.1) is 22.5 Å². The molecule has 1 atom stereocenters. The molecule has 0 saturated carbocycles. The molecular weight excluding hydrogens is 446 g/mol. The van der Waals surface area contributed by atoms with Gasteiger partial charge in [-0.2, -0.15) is 0 Å². The number of imide groups is 1. The number of nitrogens with zero attached hydrogens (tertiary/aromatic N) is 4. The molecular formula is C26H21N5O4. The van der Waals surface area contributed by atoms with Crippen molar-refractivity contribution in [1.29, 1.82) is 0 Å². The highest BCUT2D eigenvalue weighted by atomic mass is 16.2. The summed E-state index contributed by atoms with van der Waals surface area (Å²) in [6, 6.07) is 6.64. The van der Waals surface area contributed by atoms with E-state index in [1.165, 1.54) is 0 Å². The summed E-state index contributed by atoms with van der Waals surface area (Å²) in [5.74, 6) is -1.19. The van der Waals surface area contributed by atoms with Crippen molar-refractivity contribution in [2.45, 2.75) is 31.2 Å². The Morgan fingerprint density at radius 1 is 1.06 bits per heavy atom. The van der Waals surface area contributed by atoms with E-state index in [9.17, 15) is 19.2 Å². The van der Waals surface area contributed by atoms with Crippen molar-refractivity contribution in [2.24, 2.45) is 0 Å². The van der Waals surface area contributed by atoms with Crippen LogP contribution in [0.15, 0.2) is 59.2 Å². The molecule has 2 aliphatic carbocycles. The summed E-state index contributed by atoms with van der Waals surface area (Å²) in [5, 5.41) is 0. The first-order valence-corrected chi connectivity index (χ1v) is 11.8. The lowest BCUT2D eigenvalue weighted by Gasteiger charge is -2.38. The zero-order valence-electron chi connectivity index (χ0n) is 18.8. The molecule has 1 aromatic carbocycles. The van der Waals surface area contributed by atoms with Gasteiger partial charge < -0.3 is 9.88 Å². The number of imidazole rings is 1. The number of aromatic nitrogens is 3. The minimum absolute atomic E-state index is 0.279. The summed E-state index contributed by atoms with van der Waals surface area (Å²) in [6.45, 7) is 0.160. The minimum Gasteiger partial charge on any atom is -0.326 e. The third kappa shape index (κ3) is 2.44. The van der Waals surface area contributed by atoms with E-state index in [0.717, 1.165) is 41.0 Å². The molecule has 9 heteroatoms. The summed E-state index contributed by atoms with van der Waals surface area (Å²) in [4.78, 5) is 62.6. The average Bonchev–Trinajstić information content (AvgIpc) is 3.63. The van der Waals surface area contributed by atoms with Crippen LogP contribution >= 0.6 is 0 Å². The number of aromatic amines is 1. The van der Waals surface area contributed by atoms with E-state index in [4.69, 9.17) is 0 Å². The number of hydrogen-bond donors (Lipinski definition) is 1. The molecule has 1 unspecified atom stereocenters. The Labute approximate surface area is 199 Å². The summed E-state index contributed by atoms with van der Waals surface area (Å²) >= 11 is 0. The van der Waals surface area contributed by atoms with Gasteiger partial charge in [-0.25, -0.2) is 4.98 Å². The number of H-pyrrole nitrogens is 1. The molecule has 9 nitrogen and oxygen atoms in total. The molecule has 35 heavy (non-hydrogen) atoms.